The Bertz CT molecular complexity index is 5010. The number of halogens is 1. The summed E-state index contributed by atoms with van der Waals surface area (Å²) in [5, 5.41) is 38.3. The monoisotopic (exact) mass is 1600 g/mol. The zero-order valence-electron chi connectivity index (χ0n) is 61.2. The molecular formula is C79H86ClN9O19S3. The summed E-state index contributed by atoms with van der Waals surface area (Å²) in [5.74, 6) is 4.11. The molecule has 0 spiro atoms. The van der Waals surface area contributed by atoms with Gasteiger partial charge in [-0.25, -0.2) is 44.3 Å². The number of aliphatic hydroxyl groups excluding tert-OH is 3. The van der Waals surface area contributed by atoms with Gasteiger partial charge in [-0.05, 0) is 187 Å². The number of aliphatic hydroxyl groups is 3. The molecule has 28 nitrogen and oxygen atoms in total. The minimum absolute atomic E-state index is 0.00279. The third kappa shape index (κ3) is 19.4. The van der Waals surface area contributed by atoms with Crippen molar-refractivity contribution in [3.63, 3.8) is 0 Å². The van der Waals surface area contributed by atoms with Crippen LogP contribution in [0.3, 0.4) is 0 Å². The largest absolute Gasteiger partial charge is 0.453 e. The lowest BCUT2D eigenvalue weighted by Crippen LogP contribution is -2.60. The van der Waals surface area contributed by atoms with E-state index in [2.05, 4.69) is 25.0 Å². The van der Waals surface area contributed by atoms with Crippen LogP contribution >= 0.6 is 10.7 Å². The Hall–Kier alpha value is -10.1. The van der Waals surface area contributed by atoms with Gasteiger partial charge < -0.3 is 79.4 Å². The third-order valence-corrected chi connectivity index (χ3v) is 22.4. The molecule has 9 aromatic rings. The quantitative estimate of drug-likeness (QED) is 0.0405. The van der Waals surface area contributed by atoms with Gasteiger partial charge in [0.25, 0.3) is 9.05 Å². The number of nitrogen functional groups attached to an aromatic ring is 1. The maximum Gasteiger partial charge on any atom is 0.412 e. The molecule has 0 bridgehead atoms. The summed E-state index contributed by atoms with van der Waals surface area (Å²) in [5.41, 5.74) is 16.6. The van der Waals surface area contributed by atoms with Crippen molar-refractivity contribution in [1.82, 2.24) is 9.44 Å². The fourth-order valence-corrected chi connectivity index (χ4v) is 16.2. The number of anilines is 9. The lowest BCUT2D eigenvalue weighted by molar-refractivity contribution is -0.0246. The molecular weight excluding hydrogens is 1510 g/mol. The molecule has 0 saturated carbocycles. The summed E-state index contributed by atoms with van der Waals surface area (Å²) >= 11 is 0. The number of nitrogens with two attached hydrogens (primary N) is 2. The zero-order chi connectivity index (χ0) is 79.2. The lowest BCUT2D eigenvalue weighted by Gasteiger charge is -2.44. The van der Waals surface area contributed by atoms with Crippen molar-refractivity contribution in [2.24, 2.45) is 5.73 Å². The number of hydrogen-bond donors (Lipinski definition) is 9. The second-order valence-electron chi connectivity index (χ2n) is 28.4. The Morgan fingerprint density at radius 2 is 0.676 bits per heavy atom. The first-order valence-corrected chi connectivity index (χ1v) is 40.6. The van der Waals surface area contributed by atoms with Gasteiger partial charge in [0, 0.05) is 27.7 Å². The molecule has 9 aromatic carbocycles. The van der Waals surface area contributed by atoms with E-state index < -0.39 is 95.0 Å². The average molecular weight is 1600 g/mol. The molecule has 6 aliphatic heterocycles. The van der Waals surface area contributed by atoms with Crippen molar-refractivity contribution in [2.75, 3.05) is 70.7 Å². The Morgan fingerprint density at radius 3 is 0.973 bits per heavy atom. The maximum absolute atomic E-state index is 13.2. The van der Waals surface area contributed by atoms with Crippen molar-refractivity contribution in [3.05, 3.63) is 218 Å². The van der Waals surface area contributed by atoms with Crippen molar-refractivity contribution >= 4 is 103 Å². The molecule has 32 heteroatoms. The number of amides is 2. The van der Waals surface area contributed by atoms with E-state index in [4.69, 9.17) is 60.0 Å². The molecule has 9 atom stereocenters. The van der Waals surface area contributed by atoms with Crippen LogP contribution in [-0.2, 0) is 52.8 Å². The first-order chi connectivity index (χ1) is 52.8. The Kier molecular flexibility index (Phi) is 24.5. The lowest BCUT2D eigenvalue weighted by atomic mass is 9.98. The van der Waals surface area contributed by atoms with E-state index in [1.165, 1.54) is 72.8 Å². The maximum atomic E-state index is 13.2. The Balaban J connectivity index is 0.000000143. The smallest absolute Gasteiger partial charge is 0.412 e. The van der Waals surface area contributed by atoms with Gasteiger partial charge in [-0.2, -0.15) is 0 Å². The highest BCUT2D eigenvalue weighted by molar-refractivity contribution is 8.13. The Morgan fingerprint density at radius 1 is 0.405 bits per heavy atom. The van der Waals surface area contributed by atoms with Gasteiger partial charge >= 0.3 is 12.2 Å². The van der Waals surface area contributed by atoms with Crippen LogP contribution in [0.15, 0.2) is 233 Å². The number of fused-ring (bicyclic) bond motifs is 6. The molecule has 586 valence electrons. The van der Waals surface area contributed by atoms with E-state index in [1.807, 2.05) is 155 Å². The first kappa shape index (κ1) is 80.4. The number of sulfonamides is 2. The molecule has 0 aliphatic carbocycles. The minimum atomic E-state index is -4.02. The van der Waals surface area contributed by atoms with Gasteiger partial charge in [0.05, 0.1) is 143 Å². The second-order valence-corrected chi connectivity index (χ2v) is 34.4. The van der Waals surface area contributed by atoms with E-state index in [1.54, 1.807) is 41.5 Å². The summed E-state index contributed by atoms with van der Waals surface area (Å²) in [6.07, 6.45) is -4.04. The van der Waals surface area contributed by atoms with E-state index >= 15 is 0 Å². The fraction of sp³-hybridized carbons (Fsp3) is 0.291. The standard InChI is InChI=1S/C28H31N3O7S.C23H23N3O5S.C17H18N2O3.C11H14ClNO4S/c1-28(2,3)38-27(33)29-18-12-14-19(15-13-18)39(34,35)30-20-16-36-17-23(26(20)32)31-21-8-4-6-10-24(21)37-25-11-7-5-9-22(25)31;24-15-9-11-16(12-10-15)32(28,29)25-17-13-30-14-20(23(17)27)26-18-5-1-3-7-21(18)31-22-8-4-2-6-19(22)26;18-11-9-21-10-14(17(11)20)19-12-5-1-3-7-15(12)22-16-8-4-2-6-13(16)19;1-11(2,3)17-10(14)13-8-4-6-9(7-5-8)18(12,15)16/h4-15,20,23,26,30,32H,16-17H2,1-3H3,(H,29,33);1-12,17,20,23,25,27H,13-14,24H2;1-8,11,14,17,20H,9-10,18H2;4-7H,1-3H3,(H,13,14)/t20-,23+,26+;17-,20+,23+;11-,14+,17+;/m111./s1. The molecule has 0 aromatic heterocycles. The minimum Gasteiger partial charge on any atom is -0.453 e. The normalized spacial score (nSPS) is 21.1. The molecule has 111 heavy (non-hydrogen) atoms. The van der Waals surface area contributed by atoms with Crippen LogP contribution < -0.4 is 60.5 Å². The zero-order valence-corrected chi connectivity index (χ0v) is 64.4. The predicted octanol–water partition coefficient (Wildman–Crippen LogP) is 12.0. The van der Waals surface area contributed by atoms with E-state index in [0.717, 1.165) is 45.6 Å². The average Bonchev–Trinajstić information content (AvgIpc) is 0.760. The van der Waals surface area contributed by atoms with Gasteiger partial charge in [0.2, 0.25) is 20.0 Å². The highest BCUT2D eigenvalue weighted by atomic mass is 35.7. The summed E-state index contributed by atoms with van der Waals surface area (Å²) in [7, 11) is -6.48. The van der Waals surface area contributed by atoms with Crippen molar-refractivity contribution < 1.29 is 88.1 Å². The Labute approximate surface area is 648 Å². The molecule has 2 amide bonds. The molecule has 3 saturated heterocycles. The van der Waals surface area contributed by atoms with Crippen LogP contribution in [0.25, 0.3) is 0 Å². The molecule has 0 radical (unpaired) electrons. The molecule has 6 heterocycles. The number of ether oxygens (including phenoxy) is 8. The summed E-state index contributed by atoms with van der Waals surface area (Å²) in [4.78, 5) is 29.4. The number of rotatable bonds is 12. The summed E-state index contributed by atoms with van der Waals surface area (Å²) in [6.45, 7) is 11.8. The number of para-hydroxylation sites is 12. The molecule has 15 rings (SSSR count). The number of benzene rings is 9. The van der Waals surface area contributed by atoms with Crippen LogP contribution in [0, 0.1) is 0 Å². The van der Waals surface area contributed by atoms with Gasteiger partial charge in [0.1, 0.15) is 11.2 Å². The fourth-order valence-electron chi connectivity index (χ4n) is 13.0. The van der Waals surface area contributed by atoms with Gasteiger partial charge in [0.15, 0.2) is 34.5 Å². The van der Waals surface area contributed by atoms with Crippen molar-refractivity contribution in [1.29, 1.82) is 0 Å². The molecule has 3 fully saturated rings. The second kappa shape index (κ2) is 33.9. The van der Waals surface area contributed by atoms with Crippen LogP contribution in [0.1, 0.15) is 41.5 Å². The first-order valence-electron chi connectivity index (χ1n) is 35.3. The van der Waals surface area contributed by atoms with Gasteiger partial charge in [-0.1, -0.05) is 72.8 Å². The van der Waals surface area contributed by atoms with Crippen molar-refractivity contribution in [3.8, 4) is 34.5 Å². The SMILES string of the molecule is CC(C)(C)OC(=O)Nc1ccc(S(=O)(=O)Cl)cc1.CC(C)(C)OC(=O)Nc1ccc(S(=O)(=O)N[C@@H]2COC[C@H](N3c4ccccc4Oc4ccccc43)[C@H]2O)cc1.N[C@@H]1COC[C@H](N2c3ccccc3Oc3ccccc32)[C@H]1O.Nc1ccc(S(=O)(=O)N[C@@H]2COC[C@H](N3c4ccccc4Oc4ccccc43)[C@H]2O)cc1. The number of nitrogens with one attached hydrogen (secondary N) is 4. The number of carbonyl (C=O) groups excluding carboxylic acids is 2. The highest BCUT2D eigenvalue weighted by Gasteiger charge is 2.45. The van der Waals surface area contributed by atoms with E-state index in [-0.39, 0.29) is 53.2 Å². The molecule has 6 aliphatic rings. The summed E-state index contributed by atoms with van der Waals surface area (Å²) < 4.78 is 125. The third-order valence-electron chi connectivity index (χ3n) is 18.0. The van der Waals surface area contributed by atoms with E-state index in [0.29, 0.717) is 53.3 Å². The van der Waals surface area contributed by atoms with Crippen molar-refractivity contribution in [2.45, 2.75) is 122 Å². The number of hydrogen-bond acceptors (Lipinski definition) is 24. The van der Waals surface area contributed by atoms with Crippen LogP contribution in [-0.4, -0.2) is 158 Å². The molecule has 0 unspecified atom stereocenters. The van der Waals surface area contributed by atoms with Crippen LogP contribution in [0.2, 0.25) is 0 Å². The van der Waals surface area contributed by atoms with Crippen LogP contribution in [0.4, 0.5) is 60.8 Å². The van der Waals surface area contributed by atoms with Gasteiger partial charge in [-0.3, -0.25) is 10.6 Å². The van der Waals surface area contributed by atoms with E-state index in [9.17, 15) is 50.2 Å². The predicted molar refractivity (Wildman–Crippen MR) is 420 cm³/mol. The van der Waals surface area contributed by atoms with Crippen LogP contribution in [0.5, 0.6) is 34.5 Å². The highest BCUT2D eigenvalue weighted by Crippen LogP contribution is 2.51. The summed E-state index contributed by atoms with van der Waals surface area (Å²) in [6, 6.07) is 59.2. The molecule has 11 N–H and O–H groups in total. The van der Waals surface area contributed by atoms with Gasteiger partial charge in [-0.15, -0.1) is 0 Å². The number of nitrogens with zero attached hydrogens (tertiary/aromatic N) is 3. The number of carbonyl (C=O) groups is 2. The topological polar surface area (TPSA) is 381 Å².